The lowest BCUT2D eigenvalue weighted by molar-refractivity contribution is -0.139. The van der Waals surface area contributed by atoms with Crippen molar-refractivity contribution in [3.05, 3.63) is 149 Å². The van der Waals surface area contributed by atoms with Crippen molar-refractivity contribution in [1.82, 2.24) is 20.2 Å². The topological polar surface area (TPSA) is 155 Å². The lowest BCUT2D eigenvalue weighted by atomic mass is 9.87. The van der Waals surface area contributed by atoms with E-state index in [1.165, 1.54) is 11.1 Å². The summed E-state index contributed by atoms with van der Waals surface area (Å²) in [6, 6.07) is 32.8. The van der Waals surface area contributed by atoms with Crippen LogP contribution < -0.4 is 20.9 Å². The van der Waals surface area contributed by atoms with E-state index < -0.39 is 17.1 Å². The largest absolute Gasteiger partial charge is 0.481 e. The number of carbonyl (C=O) groups is 4. The highest BCUT2D eigenvalue weighted by Gasteiger charge is 2.27. The summed E-state index contributed by atoms with van der Waals surface area (Å²) in [4.78, 5) is 59.6. The van der Waals surface area contributed by atoms with Gasteiger partial charge in [-0.05, 0) is 151 Å². The van der Waals surface area contributed by atoms with Gasteiger partial charge in [-0.15, -0.1) is 0 Å². The Morgan fingerprint density at radius 3 is 2.39 bits per heavy atom. The Hall–Kier alpha value is -6.79. The Morgan fingerprint density at radius 1 is 0.833 bits per heavy atom. The number of nitrogens with zero attached hydrogens (tertiary/aromatic N) is 3. The first-order valence-electron chi connectivity index (χ1n) is 23.0. The van der Waals surface area contributed by atoms with Crippen molar-refractivity contribution >= 4 is 46.0 Å². The molecule has 1 aliphatic rings. The third-order valence-electron chi connectivity index (χ3n) is 12.6. The fourth-order valence-electron chi connectivity index (χ4n) is 8.76. The number of amides is 3. The second kappa shape index (κ2) is 20.6. The zero-order chi connectivity index (χ0) is 47.0. The molecule has 12 nitrogen and oxygen atoms in total. The quantitative estimate of drug-likeness (QED) is 0.0627. The summed E-state index contributed by atoms with van der Waals surface area (Å²) in [5, 5.41) is 19.5. The number of aryl methyl sites for hydroxylation is 1. The zero-order valence-corrected chi connectivity index (χ0v) is 38.9. The van der Waals surface area contributed by atoms with E-state index in [-0.39, 0.29) is 30.2 Å². The van der Waals surface area contributed by atoms with E-state index in [2.05, 4.69) is 51.4 Å². The minimum absolute atomic E-state index is 0.0281. The molecular formula is C54H62N6O6. The van der Waals surface area contributed by atoms with Gasteiger partial charge in [-0.1, -0.05) is 42.5 Å². The fraction of sp³-hybridized carbons (Fsp3) is 0.352. The number of carboxylic acid groups (broad SMARTS) is 1. The predicted octanol–water partition coefficient (Wildman–Crippen LogP) is 10.2. The summed E-state index contributed by atoms with van der Waals surface area (Å²) in [6.07, 6.45) is 7.46. The molecule has 66 heavy (non-hydrogen) atoms. The van der Waals surface area contributed by atoms with Gasteiger partial charge < -0.3 is 35.3 Å². The second-order valence-electron chi connectivity index (χ2n) is 18.4. The molecule has 7 rings (SSSR count). The van der Waals surface area contributed by atoms with E-state index >= 15 is 0 Å². The third kappa shape index (κ3) is 11.5. The van der Waals surface area contributed by atoms with Crippen LogP contribution in [0.15, 0.2) is 116 Å². The maximum absolute atomic E-state index is 14.1. The number of aromatic nitrogens is 2. The molecule has 1 atom stereocenters. The number of pyridine rings is 1. The van der Waals surface area contributed by atoms with Gasteiger partial charge in [0.25, 0.3) is 17.7 Å². The van der Waals surface area contributed by atoms with Crippen LogP contribution in [0.5, 0.6) is 0 Å². The van der Waals surface area contributed by atoms with Gasteiger partial charge in [-0.2, -0.15) is 0 Å². The molecule has 1 aliphatic carbocycles. The van der Waals surface area contributed by atoms with Gasteiger partial charge in [-0.25, -0.2) is 0 Å². The first-order valence-corrected chi connectivity index (χ1v) is 23.0. The number of anilines is 2. The van der Waals surface area contributed by atoms with E-state index in [0.717, 1.165) is 54.5 Å². The highest BCUT2D eigenvalue weighted by atomic mass is 16.5. The van der Waals surface area contributed by atoms with Gasteiger partial charge in [0.15, 0.2) is 0 Å². The number of rotatable bonds is 19. The Morgan fingerprint density at radius 2 is 1.61 bits per heavy atom. The summed E-state index contributed by atoms with van der Waals surface area (Å²) >= 11 is 0. The average molecular weight is 891 g/mol. The number of benzene rings is 4. The van der Waals surface area contributed by atoms with Crippen LogP contribution in [0.1, 0.15) is 127 Å². The molecule has 4 aromatic carbocycles. The summed E-state index contributed by atoms with van der Waals surface area (Å²) in [7, 11) is 0. The van der Waals surface area contributed by atoms with E-state index in [4.69, 9.17) is 14.8 Å². The first kappa shape index (κ1) is 47.2. The Bertz CT molecular complexity index is 2720. The maximum atomic E-state index is 14.1. The molecule has 0 aliphatic heterocycles. The number of carboxylic acids is 1. The lowest BCUT2D eigenvalue weighted by Gasteiger charge is -2.30. The molecule has 0 saturated heterocycles. The number of fused-ring (bicyclic) bond motifs is 2. The predicted molar refractivity (Wildman–Crippen MR) is 261 cm³/mol. The number of hydrogen-bond acceptors (Lipinski definition) is 7. The van der Waals surface area contributed by atoms with Crippen LogP contribution in [0.25, 0.3) is 22.2 Å². The summed E-state index contributed by atoms with van der Waals surface area (Å²) in [5.74, 6) is -1.52. The van der Waals surface area contributed by atoms with Crippen molar-refractivity contribution in [1.29, 1.82) is 0 Å². The van der Waals surface area contributed by atoms with Crippen molar-refractivity contribution in [2.75, 3.05) is 29.9 Å². The van der Waals surface area contributed by atoms with Gasteiger partial charge in [0.1, 0.15) is 0 Å². The van der Waals surface area contributed by atoms with Crippen LogP contribution >= 0.6 is 0 Å². The van der Waals surface area contributed by atoms with Crippen LogP contribution in [0.3, 0.4) is 0 Å². The second-order valence-corrected chi connectivity index (χ2v) is 18.4. The summed E-state index contributed by atoms with van der Waals surface area (Å²) in [6.45, 7) is 14.3. The van der Waals surface area contributed by atoms with Gasteiger partial charge in [0.2, 0.25) is 0 Å². The number of nitrogens with one attached hydrogen (secondary N) is 3. The van der Waals surface area contributed by atoms with E-state index in [0.29, 0.717) is 59.6 Å². The van der Waals surface area contributed by atoms with Crippen molar-refractivity contribution in [3.63, 3.8) is 0 Å². The van der Waals surface area contributed by atoms with Crippen molar-refractivity contribution in [3.8, 4) is 11.3 Å². The van der Waals surface area contributed by atoms with Crippen LogP contribution in [0.4, 0.5) is 11.4 Å². The van der Waals surface area contributed by atoms with Crippen molar-refractivity contribution in [2.24, 2.45) is 0 Å². The molecule has 344 valence electrons. The summed E-state index contributed by atoms with van der Waals surface area (Å²) < 4.78 is 8.07. The van der Waals surface area contributed by atoms with Gasteiger partial charge in [0.05, 0.1) is 23.0 Å². The Kier molecular flexibility index (Phi) is 14.7. The van der Waals surface area contributed by atoms with Crippen LogP contribution in [-0.2, 0) is 22.5 Å². The molecule has 0 fully saturated rings. The number of hydrogen-bond donors (Lipinski definition) is 4. The molecule has 3 amide bonds. The molecule has 2 heterocycles. The van der Waals surface area contributed by atoms with Crippen LogP contribution in [0.2, 0.25) is 0 Å². The Labute approximate surface area is 387 Å². The molecule has 12 heteroatoms. The average Bonchev–Trinajstić information content (AvgIpc) is 3.71. The third-order valence-corrected chi connectivity index (χ3v) is 12.6. The number of ether oxygens (including phenoxy) is 1. The minimum atomic E-state index is -0.858. The summed E-state index contributed by atoms with van der Waals surface area (Å²) in [5.41, 5.74) is 7.40. The standard InChI is InChI=1S/C54H62N6O6/c1-7-59(8-2)40-22-23-46(44(34-40)47-33-39(25-29-55-47)51(64)56-45-20-12-16-37-15-9-10-18-41(37)45)57-50(63)38-17-11-14-36(32-38)35-60-30-26-42-43(19-13-21-48(42)60)52(65)58-53(3,4)28-31-66-54(5,6)27-24-49(61)62/h9-11,13-15,17-19,21-23,25-26,29-30,32-34,45H,7-8,12,16,20,24,27-28,31,35H2,1-6H3,(H,56,64)(H,57,63)(H,58,65)(H,61,62). The normalized spacial score (nSPS) is 13.8. The molecule has 6 aromatic rings. The molecule has 2 aromatic heterocycles. The smallest absolute Gasteiger partial charge is 0.303 e. The van der Waals surface area contributed by atoms with Gasteiger partial charge in [-0.3, -0.25) is 24.2 Å². The molecular weight excluding hydrogens is 829 g/mol. The van der Waals surface area contributed by atoms with Gasteiger partial charge in [0, 0.05) is 89.4 Å². The lowest BCUT2D eigenvalue weighted by Crippen LogP contribution is -2.44. The molecule has 4 N–H and O–H groups in total. The zero-order valence-electron chi connectivity index (χ0n) is 38.9. The van der Waals surface area contributed by atoms with Crippen molar-refractivity contribution in [2.45, 2.75) is 104 Å². The van der Waals surface area contributed by atoms with Gasteiger partial charge >= 0.3 is 5.97 Å². The maximum Gasteiger partial charge on any atom is 0.303 e. The SMILES string of the molecule is CCN(CC)c1ccc(NC(=O)c2cccc(Cn3ccc4c(C(=O)NC(C)(C)CCOC(C)(C)CCC(=O)O)cccc43)c2)c(-c2cc(C(=O)NC3CCCc4ccccc43)ccn2)c1. The van der Waals surface area contributed by atoms with Crippen molar-refractivity contribution < 1.29 is 29.0 Å². The van der Waals surface area contributed by atoms with E-state index in [1.807, 2.05) is 107 Å². The number of carbonyl (C=O) groups excluding carboxylic acids is 3. The molecule has 0 radical (unpaired) electrons. The molecule has 1 unspecified atom stereocenters. The fourth-order valence-corrected chi connectivity index (χ4v) is 8.76. The van der Waals surface area contributed by atoms with E-state index in [1.54, 1.807) is 24.4 Å². The highest BCUT2D eigenvalue weighted by Crippen LogP contribution is 2.34. The number of aliphatic carboxylic acids is 1. The highest BCUT2D eigenvalue weighted by molar-refractivity contribution is 6.08. The minimum Gasteiger partial charge on any atom is -0.481 e. The van der Waals surface area contributed by atoms with E-state index in [9.17, 15) is 19.2 Å². The monoisotopic (exact) mass is 890 g/mol. The molecule has 0 saturated carbocycles. The Balaban J connectivity index is 1.06. The molecule has 0 bridgehead atoms. The first-order chi connectivity index (χ1) is 31.6. The van der Waals surface area contributed by atoms with Crippen LogP contribution in [-0.4, -0.2) is 69.2 Å². The van der Waals surface area contributed by atoms with Crippen LogP contribution in [0, 0.1) is 0 Å². The molecule has 0 spiro atoms.